The zero-order valence-electron chi connectivity index (χ0n) is 25.1. The zero-order valence-corrected chi connectivity index (χ0v) is 25.1. The molecule has 2 aliphatic carbocycles. The number of carbonyl (C=O) groups is 2. The van der Waals surface area contributed by atoms with E-state index in [4.69, 9.17) is 15.2 Å². The van der Waals surface area contributed by atoms with Gasteiger partial charge in [-0.15, -0.1) is 0 Å². The lowest BCUT2D eigenvalue weighted by Crippen LogP contribution is -2.44. The molecule has 2 aromatic heterocycles. The van der Waals surface area contributed by atoms with E-state index in [-0.39, 0.29) is 52.9 Å². The third kappa shape index (κ3) is 4.93. The quantitative estimate of drug-likeness (QED) is 0.244. The van der Waals surface area contributed by atoms with E-state index in [0.717, 1.165) is 24.3 Å². The van der Waals surface area contributed by atoms with Crippen LogP contribution in [0.15, 0.2) is 48.7 Å². The molecular weight excluding hydrogens is 603 g/mol. The Morgan fingerprint density at radius 1 is 1.17 bits per heavy atom. The minimum absolute atomic E-state index is 0.00364. The first kappa shape index (κ1) is 30.0. The molecule has 4 N–H and O–H groups in total. The lowest BCUT2D eigenvalue weighted by atomic mass is 9.81. The van der Waals surface area contributed by atoms with Gasteiger partial charge in [0.2, 0.25) is 5.91 Å². The van der Waals surface area contributed by atoms with Crippen LogP contribution < -0.4 is 20.5 Å². The molecule has 2 atom stereocenters. The Morgan fingerprint density at radius 2 is 1.91 bits per heavy atom. The summed E-state index contributed by atoms with van der Waals surface area (Å²) in [7, 11) is 1.50. The van der Waals surface area contributed by atoms with Crippen molar-refractivity contribution in [2.24, 2.45) is 11.7 Å². The van der Waals surface area contributed by atoms with Crippen LogP contribution in [0.1, 0.15) is 65.8 Å². The molecule has 46 heavy (non-hydrogen) atoms. The van der Waals surface area contributed by atoms with Crippen molar-refractivity contribution >= 4 is 22.7 Å². The first-order valence-corrected chi connectivity index (χ1v) is 15.1. The van der Waals surface area contributed by atoms with Crippen molar-refractivity contribution in [3.63, 3.8) is 0 Å². The minimum Gasteiger partial charge on any atom is -0.494 e. The van der Waals surface area contributed by atoms with E-state index >= 15 is 0 Å². The number of fused-ring (bicyclic) bond motifs is 2. The number of aliphatic hydroxyl groups is 1. The van der Waals surface area contributed by atoms with Crippen LogP contribution in [-0.2, 0) is 22.0 Å². The summed E-state index contributed by atoms with van der Waals surface area (Å²) in [6.45, 7) is 1.04. The summed E-state index contributed by atoms with van der Waals surface area (Å²) in [6, 6.07) is 10.00. The van der Waals surface area contributed by atoms with Crippen LogP contribution in [0.5, 0.6) is 11.5 Å². The number of aromatic nitrogens is 3. The van der Waals surface area contributed by atoms with E-state index in [9.17, 15) is 27.9 Å². The maximum absolute atomic E-state index is 14.2. The topological polar surface area (TPSA) is 142 Å². The summed E-state index contributed by atoms with van der Waals surface area (Å²) in [6.07, 6.45) is 0.430. The monoisotopic (exact) mass is 635 g/mol. The van der Waals surface area contributed by atoms with E-state index in [1.165, 1.54) is 38.3 Å². The lowest BCUT2D eigenvalue weighted by molar-refractivity contribution is -0.137. The van der Waals surface area contributed by atoms with Gasteiger partial charge in [-0.1, -0.05) is 18.2 Å². The van der Waals surface area contributed by atoms with Crippen LogP contribution >= 0.6 is 0 Å². The van der Waals surface area contributed by atoms with Gasteiger partial charge in [0.15, 0.2) is 0 Å². The number of primary amides is 1. The number of benzene rings is 2. The number of nitrogens with two attached hydrogens (primary N) is 1. The highest BCUT2D eigenvalue weighted by Gasteiger charge is 2.50. The second-order valence-electron chi connectivity index (χ2n) is 12.6. The van der Waals surface area contributed by atoms with Gasteiger partial charge in [0.05, 0.1) is 31.0 Å². The largest absolute Gasteiger partial charge is 0.494 e. The number of ether oxygens (including phenoxy) is 2. The van der Waals surface area contributed by atoms with Crippen molar-refractivity contribution < 1.29 is 37.3 Å². The van der Waals surface area contributed by atoms with Crippen LogP contribution in [0.4, 0.5) is 13.2 Å². The summed E-state index contributed by atoms with van der Waals surface area (Å²) in [5.41, 5.74) is 2.36. The first-order valence-electron chi connectivity index (χ1n) is 15.1. The molecule has 2 amide bonds. The Kier molecular flexibility index (Phi) is 6.82. The summed E-state index contributed by atoms with van der Waals surface area (Å²) < 4.78 is 55.7. The van der Waals surface area contributed by atoms with Crippen LogP contribution in [0.25, 0.3) is 22.2 Å². The number of rotatable bonds is 9. The third-order valence-electron chi connectivity index (χ3n) is 9.31. The smallest absolute Gasteiger partial charge is 0.417 e. The molecule has 3 heterocycles. The average molecular weight is 636 g/mol. The number of carbonyl (C=O) groups excluding carboxylic acids is 2. The highest BCUT2D eigenvalue weighted by Crippen LogP contribution is 2.51. The van der Waals surface area contributed by atoms with Crippen LogP contribution in [0.3, 0.4) is 0 Å². The van der Waals surface area contributed by atoms with Crippen LogP contribution in [0, 0.1) is 5.92 Å². The van der Waals surface area contributed by atoms with E-state index in [2.05, 4.69) is 15.4 Å². The van der Waals surface area contributed by atoms with Gasteiger partial charge in [0.1, 0.15) is 40.3 Å². The Balaban J connectivity index is 1.28. The van der Waals surface area contributed by atoms with Crippen molar-refractivity contribution in [2.45, 2.75) is 55.8 Å². The molecule has 0 bridgehead atoms. The summed E-state index contributed by atoms with van der Waals surface area (Å²) in [5.74, 6) is -1.15. The number of nitrogens with zero attached hydrogens (tertiary/aromatic N) is 3. The van der Waals surface area contributed by atoms with Crippen molar-refractivity contribution in [2.75, 3.05) is 20.3 Å². The maximum Gasteiger partial charge on any atom is 0.417 e. The molecule has 3 aliphatic rings. The number of nitrogens with one attached hydrogen (secondary N) is 1. The Morgan fingerprint density at radius 3 is 2.57 bits per heavy atom. The Hall–Kier alpha value is -4.65. The number of amides is 2. The number of alkyl halides is 3. The summed E-state index contributed by atoms with van der Waals surface area (Å²) >= 11 is 0. The van der Waals surface area contributed by atoms with Gasteiger partial charge < -0.3 is 25.6 Å². The molecule has 0 saturated heterocycles. The van der Waals surface area contributed by atoms with Crippen molar-refractivity contribution in [3.05, 3.63) is 71.0 Å². The van der Waals surface area contributed by atoms with Gasteiger partial charge in [0, 0.05) is 28.3 Å². The van der Waals surface area contributed by atoms with Crippen molar-refractivity contribution in [1.82, 2.24) is 20.1 Å². The standard InChI is InChI=1S/C33H32F3N5O5/c1-31(30(37)43)16-46-28-23(31)13-25(39-27(28)21-5-3-4-6-22(21)33(34,35)36)32(44,19-7-8-19)15-38-29(42)17-11-18-14-41(20-9-10-20)40-26(18)24(12-17)45-2/h3-6,11-14,19-20,44H,7-10,15-16H2,1-2H3,(H2,37,43)(H,38,42)/t31-,32+/m0/s1. The van der Waals surface area contributed by atoms with Crippen molar-refractivity contribution in [1.29, 1.82) is 0 Å². The van der Waals surface area contributed by atoms with E-state index < -0.39 is 34.6 Å². The summed E-state index contributed by atoms with van der Waals surface area (Å²) in [4.78, 5) is 30.7. The molecule has 4 aromatic rings. The fourth-order valence-corrected chi connectivity index (χ4v) is 6.19. The molecule has 2 fully saturated rings. The van der Waals surface area contributed by atoms with Gasteiger partial charge in [0.25, 0.3) is 5.91 Å². The second-order valence-corrected chi connectivity index (χ2v) is 12.6. The molecular formula is C33H32F3N5O5. The van der Waals surface area contributed by atoms with Gasteiger partial charge in [-0.25, -0.2) is 4.98 Å². The lowest BCUT2D eigenvalue weighted by Gasteiger charge is -2.30. The number of pyridine rings is 1. The normalized spacial score (nSPS) is 20.6. The molecule has 10 nitrogen and oxygen atoms in total. The Labute approximate surface area is 261 Å². The van der Waals surface area contributed by atoms with Crippen LogP contribution in [-0.4, -0.2) is 51.9 Å². The molecule has 0 unspecified atom stereocenters. The van der Waals surface area contributed by atoms with Gasteiger partial charge in [-0.2, -0.15) is 18.3 Å². The van der Waals surface area contributed by atoms with E-state index in [1.807, 2.05) is 10.9 Å². The molecule has 240 valence electrons. The molecule has 2 aromatic carbocycles. The molecule has 0 spiro atoms. The average Bonchev–Trinajstić information content (AvgIpc) is 3.98. The molecule has 13 heteroatoms. The molecule has 7 rings (SSSR count). The van der Waals surface area contributed by atoms with E-state index in [1.54, 1.807) is 12.1 Å². The van der Waals surface area contributed by atoms with Crippen molar-refractivity contribution in [3.8, 4) is 22.8 Å². The zero-order chi connectivity index (χ0) is 32.6. The second kappa shape index (κ2) is 10.4. The predicted molar refractivity (Wildman–Crippen MR) is 160 cm³/mol. The number of hydrogen-bond donors (Lipinski definition) is 3. The number of hydrogen-bond acceptors (Lipinski definition) is 7. The highest BCUT2D eigenvalue weighted by atomic mass is 19.4. The first-order chi connectivity index (χ1) is 21.8. The molecule has 1 aliphatic heterocycles. The number of methoxy groups -OCH3 is 1. The third-order valence-corrected chi connectivity index (χ3v) is 9.31. The maximum atomic E-state index is 14.2. The van der Waals surface area contributed by atoms with E-state index in [0.29, 0.717) is 30.1 Å². The Bertz CT molecular complexity index is 1900. The molecule has 2 saturated carbocycles. The van der Waals surface area contributed by atoms with Gasteiger partial charge >= 0.3 is 6.18 Å². The highest BCUT2D eigenvalue weighted by molar-refractivity contribution is 6.00. The number of halogens is 3. The SMILES string of the molecule is COc1cc(C(=O)NC[C@](O)(c2cc3c(c(-c4ccccc4C(F)(F)F)n2)OC[C@]3(C)C(N)=O)C2CC2)cc2cn(C3CC3)nc12. The summed E-state index contributed by atoms with van der Waals surface area (Å²) in [5, 5.41) is 20.4. The van der Waals surface area contributed by atoms with Gasteiger partial charge in [-0.3, -0.25) is 14.3 Å². The fourth-order valence-electron chi connectivity index (χ4n) is 6.19. The predicted octanol–water partition coefficient (Wildman–Crippen LogP) is 4.62. The minimum atomic E-state index is -4.72. The van der Waals surface area contributed by atoms with Gasteiger partial charge in [-0.05, 0) is 62.8 Å². The van der Waals surface area contributed by atoms with Crippen LogP contribution in [0.2, 0.25) is 0 Å². The molecule has 0 radical (unpaired) electrons. The fraction of sp³-hybridized carbons (Fsp3) is 0.394.